The first-order valence-electron chi connectivity index (χ1n) is 13.8. The van der Waals surface area contributed by atoms with E-state index in [1.54, 1.807) is 24.3 Å². The van der Waals surface area contributed by atoms with Crippen LogP contribution in [0.4, 0.5) is 5.69 Å². The average Bonchev–Trinajstić information content (AvgIpc) is 3.27. The quantitative estimate of drug-likeness (QED) is 0.183. The number of esters is 1. The van der Waals surface area contributed by atoms with Crippen LogP contribution in [0.15, 0.2) is 91.0 Å². The molecule has 6 nitrogen and oxygen atoms in total. The van der Waals surface area contributed by atoms with Gasteiger partial charge in [0.15, 0.2) is 6.61 Å². The van der Waals surface area contributed by atoms with E-state index in [0.29, 0.717) is 11.3 Å². The zero-order valence-corrected chi connectivity index (χ0v) is 22.7. The Morgan fingerprint density at radius 2 is 1.27 bits per heavy atom. The molecule has 8 rings (SSSR count). The molecule has 0 saturated carbocycles. The van der Waals surface area contributed by atoms with Gasteiger partial charge in [0.05, 0.1) is 23.1 Å². The zero-order valence-electron chi connectivity index (χ0n) is 22.7. The molecule has 2 amide bonds. The molecule has 2 bridgehead atoms. The molecule has 0 spiro atoms. The Labute approximate surface area is 237 Å². The number of aryl methyl sites for hydroxylation is 2. The van der Waals surface area contributed by atoms with Crippen LogP contribution in [0.1, 0.15) is 65.9 Å². The van der Waals surface area contributed by atoms with E-state index < -0.39 is 24.4 Å². The van der Waals surface area contributed by atoms with Crippen molar-refractivity contribution in [3.63, 3.8) is 0 Å². The van der Waals surface area contributed by atoms with Crippen LogP contribution in [0, 0.1) is 25.7 Å². The van der Waals surface area contributed by atoms with Crippen molar-refractivity contribution in [2.75, 3.05) is 11.5 Å². The summed E-state index contributed by atoms with van der Waals surface area (Å²) in [4.78, 5) is 55.0. The second kappa shape index (κ2) is 9.37. The lowest BCUT2D eigenvalue weighted by molar-refractivity contribution is -0.122. The molecular formula is C35H27NO5. The molecule has 1 aliphatic heterocycles. The number of ether oxygens (including phenoxy) is 1. The summed E-state index contributed by atoms with van der Waals surface area (Å²) in [5.41, 5.74) is 7.18. The van der Waals surface area contributed by atoms with E-state index in [2.05, 4.69) is 24.3 Å². The number of hydrogen-bond acceptors (Lipinski definition) is 5. The molecule has 4 aliphatic rings. The Hall–Kier alpha value is -4.84. The van der Waals surface area contributed by atoms with Crippen LogP contribution >= 0.6 is 0 Å². The Balaban J connectivity index is 1.17. The van der Waals surface area contributed by atoms with Gasteiger partial charge in [0, 0.05) is 17.4 Å². The molecule has 1 fully saturated rings. The van der Waals surface area contributed by atoms with Crippen molar-refractivity contribution in [1.82, 2.24) is 0 Å². The van der Waals surface area contributed by atoms with Gasteiger partial charge >= 0.3 is 5.97 Å². The first-order chi connectivity index (χ1) is 19.8. The van der Waals surface area contributed by atoms with E-state index in [0.717, 1.165) is 33.4 Å². The predicted octanol–water partition coefficient (Wildman–Crippen LogP) is 5.74. The Morgan fingerprint density at radius 1 is 0.707 bits per heavy atom. The highest BCUT2D eigenvalue weighted by molar-refractivity contribution is 6.23. The number of ketones is 1. The summed E-state index contributed by atoms with van der Waals surface area (Å²) >= 11 is 0. The van der Waals surface area contributed by atoms with Crippen molar-refractivity contribution in [2.45, 2.75) is 25.7 Å². The SMILES string of the molecule is Cc1ccc(C)c(C(=O)COC(=O)c2cccc(N3C(=O)[C@H]4C5c6ccccc6C(c6ccccc65)[C@@H]4C3=O)c2)c1. The molecule has 4 aromatic rings. The van der Waals surface area contributed by atoms with Crippen LogP contribution in [0.5, 0.6) is 0 Å². The minimum Gasteiger partial charge on any atom is -0.454 e. The smallest absolute Gasteiger partial charge is 0.338 e. The Kier molecular flexibility index (Phi) is 5.75. The van der Waals surface area contributed by atoms with E-state index in [4.69, 9.17) is 4.74 Å². The molecule has 2 atom stereocenters. The Bertz CT molecular complexity index is 1670. The molecule has 4 aromatic carbocycles. The highest BCUT2D eigenvalue weighted by atomic mass is 16.5. The van der Waals surface area contributed by atoms with Gasteiger partial charge in [0.1, 0.15) is 0 Å². The monoisotopic (exact) mass is 541 g/mol. The van der Waals surface area contributed by atoms with Gasteiger partial charge in [-0.2, -0.15) is 0 Å². The summed E-state index contributed by atoms with van der Waals surface area (Å²) in [6, 6.07) is 28.1. The fourth-order valence-corrected chi connectivity index (χ4v) is 7.03. The molecule has 0 aromatic heterocycles. The second-order valence-electron chi connectivity index (χ2n) is 11.1. The van der Waals surface area contributed by atoms with Crippen molar-refractivity contribution in [3.05, 3.63) is 136 Å². The van der Waals surface area contributed by atoms with Crippen molar-refractivity contribution >= 4 is 29.3 Å². The molecule has 0 N–H and O–H groups in total. The lowest BCUT2D eigenvalue weighted by atomic mass is 9.55. The topological polar surface area (TPSA) is 80.8 Å². The van der Waals surface area contributed by atoms with Crippen LogP contribution < -0.4 is 4.90 Å². The number of carbonyl (C=O) groups is 4. The number of nitrogens with zero attached hydrogens (tertiary/aromatic N) is 1. The third-order valence-corrected chi connectivity index (χ3v) is 8.82. The van der Waals surface area contributed by atoms with Crippen LogP contribution in [-0.4, -0.2) is 30.2 Å². The number of Topliss-reactive ketones (excluding diaryl/α,β-unsaturated/α-hetero) is 1. The third kappa shape index (κ3) is 3.78. The van der Waals surface area contributed by atoms with Gasteiger partial charge in [0.25, 0.3) is 0 Å². The van der Waals surface area contributed by atoms with Crippen LogP contribution in [0.2, 0.25) is 0 Å². The molecule has 3 aliphatic carbocycles. The first kappa shape index (κ1) is 25.1. The normalized spacial score (nSPS) is 21.8. The number of anilines is 1. The highest BCUT2D eigenvalue weighted by Gasteiger charge is 2.61. The number of hydrogen-bond donors (Lipinski definition) is 0. The minimum absolute atomic E-state index is 0.168. The van der Waals surface area contributed by atoms with E-state index >= 15 is 0 Å². The molecule has 1 heterocycles. The maximum Gasteiger partial charge on any atom is 0.338 e. The summed E-state index contributed by atoms with van der Waals surface area (Å²) in [7, 11) is 0. The van der Waals surface area contributed by atoms with Gasteiger partial charge in [-0.3, -0.25) is 14.4 Å². The largest absolute Gasteiger partial charge is 0.454 e. The summed E-state index contributed by atoms with van der Waals surface area (Å²) in [6.07, 6.45) is 0. The van der Waals surface area contributed by atoms with E-state index in [9.17, 15) is 19.2 Å². The maximum atomic E-state index is 14.0. The second-order valence-corrected chi connectivity index (χ2v) is 11.1. The molecule has 202 valence electrons. The molecule has 6 heteroatoms. The molecular weight excluding hydrogens is 514 g/mol. The maximum absolute atomic E-state index is 14.0. The molecule has 41 heavy (non-hydrogen) atoms. The minimum atomic E-state index is -0.693. The lowest BCUT2D eigenvalue weighted by Gasteiger charge is -2.45. The van der Waals surface area contributed by atoms with Crippen molar-refractivity contribution < 1.29 is 23.9 Å². The number of rotatable bonds is 5. The third-order valence-electron chi connectivity index (χ3n) is 8.82. The Morgan fingerprint density at radius 3 is 1.83 bits per heavy atom. The zero-order chi connectivity index (χ0) is 28.4. The van der Waals surface area contributed by atoms with Crippen LogP contribution in [0.25, 0.3) is 0 Å². The van der Waals surface area contributed by atoms with Gasteiger partial charge in [-0.05, 0) is 65.9 Å². The van der Waals surface area contributed by atoms with E-state index in [-0.39, 0.29) is 35.0 Å². The predicted molar refractivity (Wildman–Crippen MR) is 153 cm³/mol. The number of imide groups is 1. The summed E-state index contributed by atoms with van der Waals surface area (Å²) in [6.45, 7) is 3.33. The van der Waals surface area contributed by atoms with Gasteiger partial charge < -0.3 is 4.74 Å². The molecule has 1 saturated heterocycles. The van der Waals surface area contributed by atoms with Gasteiger partial charge in [0.2, 0.25) is 17.6 Å². The first-order valence-corrected chi connectivity index (χ1v) is 13.8. The van der Waals surface area contributed by atoms with Gasteiger partial charge in [-0.25, -0.2) is 9.69 Å². The van der Waals surface area contributed by atoms with Gasteiger partial charge in [-0.1, -0.05) is 72.3 Å². The van der Waals surface area contributed by atoms with Crippen molar-refractivity contribution in [1.29, 1.82) is 0 Å². The lowest BCUT2D eigenvalue weighted by Crippen LogP contribution is -2.41. The number of carbonyl (C=O) groups excluding carboxylic acids is 4. The van der Waals surface area contributed by atoms with E-state index in [1.165, 1.54) is 11.0 Å². The standard InChI is InChI=1S/C35H27NO5/c1-19-14-15-20(2)27(16-19)28(37)18-41-35(40)21-8-7-9-22(17-21)36-33(38)31-29-23-10-3-4-11-24(23)30(32(31)34(36)39)26-13-6-5-12-25(26)29/h3-17,29-32H,18H2,1-2H3/t29?,30?,31-,32-/m0/s1. The van der Waals surface area contributed by atoms with Crippen molar-refractivity contribution in [2.24, 2.45) is 11.8 Å². The average molecular weight is 542 g/mol. The summed E-state index contributed by atoms with van der Waals surface area (Å²) < 4.78 is 5.36. The van der Waals surface area contributed by atoms with Crippen molar-refractivity contribution in [3.8, 4) is 0 Å². The van der Waals surface area contributed by atoms with Crippen LogP contribution in [-0.2, 0) is 14.3 Å². The number of benzene rings is 4. The summed E-state index contributed by atoms with van der Waals surface area (Å²) in [5, 5.41) is 0. The fraction of sp³-hybridized carbons (Fsp3) is 0.200. The molecule has 0 unspecified atom stereocenters. The number of amides is 2. The van der Waals surface area contributed by atoms with Crippen LogP contribution in [0.3, 0.4) is 0 Å². The summed E-state index contributed by atoms with van der Waals surface area (Å²) in [5.74, 6) is -2.93. The fourth-order valence-electron chi connectivity index (χ4n) is 7.03. The van der Waals surface area contributed by atoms with Gasteiger partial charge in [-0.15, -0.1) is 0 Å². The van der Waals surface area contributed by atoms with E-state index in [1.807, 2.05) is 50.2 Å². The molecule has 0 radical (unpaired) electrons. The highest BCUT2D eigenvalue weighted by Crippen LogP contribution is 2.61.